The average molecular weight is 432 g/mol. The number of carbonyl (C=O) groups is 1. The van der Waals surface area contributed by atoms with Gasteiger partial charge in [-0.15, -0.1) is 0 Å². The van der Waals surface area contributed by atoms with E-state index < -0.39 is 21.5 Å². The number of carbonyl (C=O) groups excluding carboxylic acids is 1. The maximum atomic E-state index is 13.1. The topological polar surface area (TPSA) is 70.6 Å². The van der Waals surface area contributed by atoms with E-state index >= 15 is 0 Å². The normalized spacial score (nSPS) is 11.9. The maximum absolute atomic E-state index is 13.1. The zero-order valence-electron chi connectivity index (χ0n) is 17.0. The number of likely N-dealkylation sites (N-methyl/N-ethyl adjacent to an activating group) is 1. The molecule has 154 valence electrons. The lowest BCUT2D eigenvalue weighted by Gasteiger charge is -2.22. The van der Waals surface area contributed by atoms with E-state index in [1.165, 1.54) is 28.4 Å². The van der Waals surface area contributed by atoms with Crippen LogP contribution in [0.25, 0.3) is 10.2 Å². The van der Waals surface area contributed by atoms with Crippen molar-refractivity contribution < 1.29 is 13.2 Å². The van der Waals surface area contributed by atoms with Crippen LogP contribution in [-0.4, -0.2) is 57.1 Å². The van der Waals surface area contributed by atoms with Gasteiger partial charge in [-0.1, -0.05) is 41.7 Å². The molecule has 0 aliphatic rings. The zero-order valence-corrected chi connectivity index (χ0v) is 18.7. The summed E-state index contributed by atoms with van der Waals surface area (Å²) in [6.45, 7) is 4.96. The first-order valence-electron chi connectivity index (χ1n) is 9.28. The third-order valence-electron chi connectivity index (χ3n) is 4.65. The van der Waals surface area contributed by atoms with E-state index in [0.717, 1.165) is 21.3 Å². The molecule has 29 heavy (non-hydrogen) atoms. The highest BCUT2D eigenvalue weighted by molar-refractivity contribution is 7.92. The molecular formula is C21H25N3O3S2. The molecule has 0 fully saturated rings. The van der Waals surface area contributed by atoms with Crippen LogP contribution >= 0.6 is 11.3 Å². The van der Waals surface area contributed by atoms with E-state index in [9.17, 15) is 13.2 Å². The third kappa shape index (κ3) is 4.83. The van der Waals surface area contributed by atoms with E-state index in [1.54, 1.807) is 18.2 Å². The van der Waals surface area contributed by atoms with Gasteiger partial charge in [0.2, 0.25) is 5.91 Å². The van der Waals surface area contributed by atoms with E-state index in [-0.39, 0.29) is 4.90 Å². The summed E-state index contributed by atoms with van der Waals surface area (Å²) in [5, 5.41) is 0.535. The van der Waals surface area contributed by atoms with E-state index in [4.69, 9.17) is 0 Å². The van der Waals surface area contributed by atoms with Crippen molar-refractivity contribution in [3.05, 3.63) is 53.6 Å². The molecule has 3 aromatic rings. The molecule has 2 aromatic carbocycles. The van der Waals surface area contributed by atoms with Crippen LogP contribution in [0, 0.1) is 13.8 Å². The molecule has 8 heteroatoms. The number of nitrogens with zero attached hydrogens (tertiary/aromatic N) is 3. The molecule has 0 aliphatic heterocycles. The van der Waals surface area contributed by atoms with Crippen LogP contribution in [0.1, 0.15) is 11.1 Å². The first kappa shape index (κ1) is 21.4. The van der Waals surface area contributed by atoms with Crippen LogP contribution in [0.2, 0.25) is 0 Å². The fraction of sp³-hybridized carbons (Fsp3) is 0.333. The van der Waals surface area contributed by atoms with Crippen LogP contribution in [0.15, 0.2) is 47.4 Å². The maximum Gasteiger partial charge on any atom is 0.244 e. The number of anilines is 1. The number of aromatic nitrogens is 1. The Kier molecular flexibility index (Phi) is 6.36. The van der Waals surface area contributed by atoms with Crippen molar-refractivity contribution in [2.75, 3.05) is 37.8 Å². The summed E-state index contributed by atoms with van der Waals surface area (Å²) in [4.78, 5) is 21.4. The number of benzene rings is 2. The van der Waals surface area contributed by atoms with Gasteiger partial charge in [0.05, 0.1) is 15.1 Å². The minimum Gasteiger partial charge on any atom is -0.308 e. The highest BCUT2D eigenvalue weighted by atomic mass is 32.2. The molecule has 3 rings (SSSR count). The first-order valence-corrected chi connectivity index (χ1v) is 11.8. The lowest BCUT2D eigenvalue weighted by Crippen LogP contribution is -2.40. The van der Waals surface area contributed by atoms with Crippen LogP contribution in [-0.2, 0) is 14.6 Å². The van der Waals surface area contributed by atoms with Crippen molar-refractivity contribution in [1.29, 1.82) is 0 Å². The first-order chi connectivity index (χ1) is 13.7. The number of thiazole rings is 1. The van der Waals surface area contributed by atoms with Gasteiger partial charge in [-0.3, -0.25) is 9.69 Å². The number of rotatable bonds is 7. The minimum atomic E-state index is -3.73. The molecule has 0 saturated carbocycles. The van der Waals surface area contributed by atoms with Gasteiger partial charge >= 0.3 is 0 Å². The second kappa shape index (κ2) is 8.61. The monoisotopic (exact) mass is 431 g/mol. The van der Waals surface area contributed by atoms with E-state index in [0.29, 0.717) is 18.2 Å². The SMILES string of the molecule is Cc1ccc(C)c2sc(N(CCN(C)C)C(=O)CS(=O)(=O)c3ccccc3)nc12. The van der Waals surface area contributed by atoms with Gasteiger partial charge in [0, 0.05) is 13.1 Å². The molecule has 6 nitrogen and oxygen atoms in total. The molecule has 0 radical (unpaired) electrons. The fourth-order valence-corrected chi connectivity index (χ4v) is 5.32. The molecule has 0 unspecified atom stereocenters. The Morgan fingerprint density at radius 1 is 1.00 bits per heavy atom. The average Bonchev–Trinajstić information content (AvgIpc) is 3.11. The third-order valence-corrected chi connectivity index (χ3v) is 7.48. The Hall–Kier alpha value is -2.29. The Balaban J connectivity index is 1.96. The van der Waals surface area contributed by atoms with Gasteiger partial charge < -0.3 is 4.90 Å². The molecule has 0 spiro atoms. The van der Waals surface area contributed by atoms with Gasteiger partial charge in [-0.05, 0) is 51.2 Å². The number of sulfone groups is 1. The Morgan fingerprint density at radius 2 is 1.66 bits per heavy atom. The second-order valence-corrected chi connectivity index (χ2v) is 10.3. The van der Waals surface area contributed by atoms with Crippen molar-refractivity contribution in [3.8, 4) is 0 Å². The number of fused-ring (bicyclic) bond motifs is 1. The number of aryl methyl sites for hydroxylation is 2. The van der Waals surface area contributed by atoms with Gasteiger partial charge in [-0.25, -0.2) is 13.4 Å². The molecule has 0 atom stereocenters. The summed E-state index contributed by atoms with van der Waals surface area (Å²) < 4.78 is 26.5. The molecular weight excluding hydrogens is 406 g/mol. The predicted octanol–water partition coefficient (Wildman–Crippen LogP) is 3.28. The molecule has 0 N–H and O–H groups in total. The summed E-state index contributed by atoms with van der Waals surface area (Å²) in [5.74, 6) is -1.05. The molecule has 0 aliphatic carbocycles. The van der Waals surface area contributed by atoms with Crippen LogP contribution < -0.4 is 4.90 Å². The van der Waals surface area contributed by atoms with Crippen LogP contribution in [0.3, 0.4) is 0 Å². The van der Waals surface area contributed by atoms with Crippen LogP contribution in [0.4, 0.5) is 5.13 Å². The van der Waals surface area contributed by atoms with E-state index in [1.807, 2.05) is 45.0 Å². The van der Waals surface area contributed by atoms with Crippen molar-refractivity contribution in [3.63, 3.8) is 0 Å². The van der Waals surface area contributed by atoms with Crippen LogP contribution in [0.5, 0.6) is 0 Å². The van der Waals surface area contributed by atoms with Gasteiger partial charge in [-0.2, -0.15) is 0 Å². The van der Waals surface area contributed by atoms with Gasteiger partial charge in [0.25, 0.3) is 0 Å². The predicted molar refractivity (Wildman–Crippen MR) is 118 cm³/mol. The summed E-state index contributed by atoms with van der Waals surface area (Å²) in [7, 11) is 0.1000. The Labute approximate surface area is 175 Å². The Morgan fingerprint density at radius 3 is 2.28 bits per heavy atom. The molecule has 1 heterocycles. The lowest BCUT2D eigenvalue weighted by molar-refractivity contribution is -0.116. The molecule has 0 bridgehead atoms. The summed E-state index contributed by atoms with van der Waals surface area (Å²) >= 11 is 1.43. The van der Waals surface area contributed by atoms with Gasteiger partial charge in [0.1, 0.15) is 5.75 Å². The molecule has 0 saturated heterocycles. The minimum absolute atomic E-state index is 0.150. The molecule has 1 amide bonds. The second-order valence-electron chi connectivity index (χ2n) is 7.29. The summed E-state index contributed by atoms with van der Waals surface area (Å²) in [5.41, 5.74) is 2.98. The van der Waals surface area contributed by atoms with Crippen molar-refractivity contribution >= 4 is 42.4 Å². The van der Waals surface area contributed by atoms with E-state index in [2.05, 4.69) is 4.98 Å². The highest BCUT2D eigenvalue weighted by Gasteiger charge is 2.26. The zero-order chi connectivity index (χ0) is 21.2. The summed E-state index contributed by atoms with van der Waals surface area (Å²) in [6, 6.07) is 12.1. The van der Waals surface area contributed by atoms with Crippen molar-refractivity contribution in [1.82, 2.24) is 9.88 Å². The van der Waals surface area contributed by atoms with Crippen molar-refractivity contribution in [2.24, 2.45) is 0 Å². The van der Waals surface area contributed by atoms with Gasteiger partial charge in [0.15, 0.2) is 15.0 Å². The standard InChI is InChI=1S/C21H25N3O3S2/c1-15-10-11-16(2)20-19(15)22-21(28-20)24(13-12-23(3)4)18(25)14-29(26,27)17-8-6-5-7-9-17/h5-11H,12-14H2,1-4H3. The number of amides is 1. The molecule has 1 aromatic heterocycles. The summed E-state index contributed by atoms with van der Waals surface area (Å²) in [6.07, 6.45) is 0. The largest absolute Gasteiger partial charge is 0.308 e. The number of hydrogen-bond acceptors (Lipinski definition) is 6. The Bertz CT molecular complexity index is 1080. The highest BCUT2D eigenvalue weighted by Crippen LogP contribution is 2.33. The lowest BCUT2D eigenvalue weighted by atomic mass is 10.1. The smallest absolute Gasteiger partial charge is 0.244 e. The number of hydrogen-bond donors (Lipinski definition) is 0. The fourth-order valence-electron chi connectivity index (χ4n) is 2.94. The van der Waals surface area contributed by atoms with Crippen molar-refractivity contribution in [2.45, 2.75) is 18.7 Å². The quantitative estimate of drug-likeness (QED) is 0.574.